The minimum absolute atomic E-state index is 0. The molecule has 0 saturated heterocycles. The van der Waals surface area contributed by atoms with E-state index in [-0.39, 0.29) is 24.0 Å². The molecule has 6 heteroatoms. The van der Waals surface area contributed by atoms with Crippen LogP contribution in [0.4, 0.5) is 0 Å². The van der Waals surface area contributed by atoms with Crippen molar-refractivity contribution in [1.82, 2.24) is 15.6 Å². The zero-order valence-corrected chi connectivity index (χ0v) is 17.0. The molecule has 0 fully saturated rings. The largest absolute Gasteiger partial charge is 0.356 e. The van der Waals surface area contributed by atoms with Crippen LogP contribution >= 0.6 is 35.3 Å². The molecule has 0 atom stereocenters. The van der Waals surface area contributed by atoms with E-state index in [2.05, 4.69) is 48.3 Å². The lowest BCUT2D eigenvalue weighted by molar-refractivity contribution is 0.481. The van der Waals surface area contributed by atoms with Crippen LogP contribution in [0.15, 0.2) is 4.99 Å². The van der Waals surface area contributed by atoms with Crippen molar-refractivity contribution in [2.45, 2.75) is 47.0 Å². The molecule has 0 aliphatic carbocycles. The Balaban J connectivity index is 0.00000400. The first-order valence-corrected chi connectivity index (χ1v) is 8.29. The van der Waals surface area contributed by atoms with Gasteiger partial charge in [0.05, 0.1) is 10.7 Å². The number of thiazole rings is 1. The highest BCUT2D eigenvalue weighted by molar-refractivity contribution is 14.0. The van der Waals surface area contributed by atoms with Gasteiger partial charge in [-0.15, -0.1) is 35.3 Å². The lowest BCUT2D eigenvalue weighted by Crippen LogP contribution is -2.40. The van der Waals surface area contributed by atoms with E-state index in [0.717, 1.165) is 37.1 Å². The Morgan fingerprint density at radius 3 is 2.38 bits per heavy atom. The molecule has 0 radical (unpaired) electrons. The van der Waals surface area contributed by atoms with Gasteiger partial charge in [0.2, 0.25) is 0 Å². The first kappa shape index (κ1) is 20.6. The Hall–Kier alpha value is -0.370. The third kappa shape index (κ3) is 7.44. The summed E-state index contributed by atoms with van der Waals surface area (Å²) in [6.07, 6.45) is 3.36. The fraction of sp³-hybridized carbons (Fsp3) is 0.733. The fourth-order valence-corrected chi connectivity index (χ4v) is 2.91. The monoisotopic (exact) mass is 424 g/mol. The number of hydrogen-bond acceptors (Lipinski definition) is 3. The molecular formula is C15H29IN4S. The number of aliphatic imine (C=N–C) groups is 1. The van der Waals surface area contributed by atoms with Crippen molar-refractivity contribution in [2.24, 2.45) is 10.9 Å². The van der Waals surface area contributed by atoms with Gasteiger partial charge >= 0.3 is 0 Å². The number of halogens is 1. The Morgan fingerprint density at radius 2 is 1.90 bits per heavy atom. The highest BCUT2D eigenvalue weighted by Gasteiger charge is 2.06. The van der Waals surface area contributed by atoms with Crippen LogP contribution in [0.3, 0.4) is 0 Å². The molecule has 122 valence electrons. The van der Waals surface area contributed by atoms with E-state index in [1.165, 1.54) is 22.7 Å². The number of aromatic nitrogens is 1. The second-order valence-corrected chi connectivity index (χ2v) is 6.35. The highest BCUT2D eigenvalue weighted by Crippen LogP contribution is 2.16. The molecule has 0 aliphatic heterocycles. The first-order valence-electron chi connectivity index (χ1n) is 7.48. The van der Waals surface area contributed by atoms with Crippen molar-refractivity contribution in [3.8, 4) is 0 Å². The molecule has 0 saturated carbocycles. The molecule has 1 rings (SSSR count). The second-order valence-electron chi connectivity index (χ2n) is 5.06. The summed E-state index contributed by atoms with van der Waals surface area (Å²) in [4.78, 5) is 10.1. The van der Waals surface area contributed by atoms with E-state index in [9.17, 15) is 0 Å². The van der Waals surface area contributed by atoms with Crippen LogP contribution in [0.2, 0.25) is 0 Å². The molecular weight excluding hydrogens is 395 g/mol. The summed E-state index contributed by atoms with van der Waals surface area (Å²) in [5.74, 6) is 1.61. The van der Waals surface area contributed by atoms with E-state index in [0.29, 0.717) is 0 Å². The Morgan fingerprint density at radius 1 is 1.24 bits per heavy atom. The van der Waals surface area contributed by atoms with Crippen molar-refractivity contribution in [3.63, 3.8) is 0 Å². The third-order valence-electron chi connectivity index (χ3n) is 3.64. The quantitative estimate of drug-likeness (QED) is 0.400. The number of guanidine groups is 1. The third-order valence-corrected chi connectivity index (χ3v) is 4.77. The van der Waals surface area contributed by atoms with Gasteiger partial charge < -0.3 is 10.6 Å². The van der Waals surface area contributed by atoms with Gasteiger partial charge in [0, 0.05) is 31.4 Å². The normalized spacial score (nSPS) is 11.4. The molecule has 2 N–H and O–H groups in total. The van der Waals surface area contributed by atoms with Gasteiger partial charge in [-0.05, 0) is 19.8 Å². The van der Waals surface area contributed by atoms with Crippen molar-refractivity contribution in [3.05, 3.63) is 15.6 Å². The van der Waals surface area contributed by atoms with E-state index in [4.69, 9.17) is 0 Å². The molecule has 0 bridgehead atoms. The Bertz CT molecular complexity index is 408. The smallest absolute Gasteiger partial charge is 0.190 e. The minimum Gasteiger partial charge on any atom is -0.356 e. The zero-order chi connectivity index (χ0) is 15.0. The topological polar surface area (TPSA) is 49.3 Å². The van der Waals surface area contributed by atoms with Crippen molar-refractivity contribution >= 4 is 41.3 Å². The van der Waals surface area contributed by atoms with E-state index < -0.39 is 0 Å². The Kier molecular flexibility index (Phi) is 11.0. The highest BCUT2D eigenvalue weighted by atomic mass is 127. The van der Waals surface area contributed by atoms with E-state index >= 15 is 0 Å². The van der Waals surface area contributed by atoms with Gasteiger partial charge in [-0.3, -0.25) is 4.99 Å². The van der Waals surface area contributed by atoms with Gasteiger partial charge in [0.25, 0.3) is 0 Å². The molecule has 0 unspecified atom stereocenters. The van der Waals surface area contributed by atoms with Crippen LogP contribution in [0.1, 0.15) is 42.3 Å². The molecule has 1 heterocycles. The molecule has 21 heavy (non-hydrogen) atoms. The summed E-state index contributed by atoms with van der Waals surface area (Å²) >= 11 is 1.79. The number of aryl methyl sites for hydroxylation is 2. The number of nitrogens with zero attached hydrogens (tertiary/aromatic N) is 2. The van der Waals surface area contributed by atoms with Crippen molar-refractivity contribution in [2.75, 3.05) is 20.1 Å². The summed E-state index contributed by atoms with van der Waals surface area (Å²) in [6, 6.07) is 0. The van der Waals surface area contributed by atoms with Crippen LogP contribution in [-0.4, -0.2) is 31.1 Å². The van der Waals surface area contributed by atoms with Gasteiger partial charge in [0.1, 0.15) is 0 Å². The molecule has 0 amide bonds. The molecule has 0 aliphatic rings. The van der Waals surface area contributed by atoms with Gasteiger partial charge in [-0.1, -0.05) is 26.7 Å². The maximum atomic E-state index is 4.55. The van der Waals surface area contributed by atoms with E-state index in [1.54, 1.807) is 11.3 Å². The molecule has 4 nitrogen and oxygen atoms in total. The van der Waals surface area contributed by atoms with Crippen molar-refractivity contribution in [1.29, 1.82) is 0 Å². The summed E-state index contributed by atoms with van der Waals surface area (Å²) in [5, 5.41) is 7.95. The number of nitrogens with one attached hydrogen (secondary N) is 2. The maximum Gasteiger partial charge on any atom is 0.190 e. The van der Waals surface area contributed by atoms with Gasteiger partial charge in [0.15, 0.2) is 5.96 Å². The predicted molar refractivity (Wildman–Crippen MR) is 104 cm³/mol. The van der Waals surface area contributed by atoms with Crippen LogP contribution in [-0.2, 0) is 6.42 Å². The lowest BCUT2D eigenvalue weighted by atomic mass is 10.0. The molecule has 1 aromatic rings. The summed E-state index contributed by atoms with van der Waals surface area (Å²) in [5.41, 5.74) is 1.15. The van der Waals surface area contributed by atoms with Gasteiger partial charge in [-0.2, -0.15) is 0 Å². The van der Waals surface area contributed by atoms with Crippen LogP contribution in [0, 0.1) is 19.8 Å². The summed E-state index contributed by atoms with van der Waals surface area (Å²) in [6.45, 7) is 10.5. The standard InChI is InChI=1S/C15H28N4S.HI/c1-6-13(7-2)10-18-15(16-5)17-9-8-14-19-11(3)12(4)20-14;/h13H,6-10H2,1-5H3,(H2,16,17,18);1H. The predicted octanol–water partition coefficient (Wildman–Crippen LogP) is 3.52. The van der Waals surface area contributed by atoms with Crippen LogP contribution < -0.4 is 10.6 Å². The Labute approximate surface area is 150 Å². The SMILES string of the molecule is CCC(CC)CNC(=NC)NCCc1nc(C)c(C)s1.I. The fourth-order valence-electron chi connectivity index (χ4n) is 1.97. The molecule has 1 aromatic heterocycles. The lowest BCUT2D eigenvalue weighted by Gasteiger charge is -2.16. The van der Waals surface area contributed by atoms with Gasteiger partial charge in [-0.25, -0.2) is 4.98 Å². The van der Waals surface area contributed by atoms with Crippen molar-refractivity contribution < 1.29 is 0 Å². The zero-order valence-electron chi connectivity index (χ0n) is 13.8. The summed E-state index contributed by atoms with van der Waals surface area (Å²) in [7, 11) is 1.82. The first-order chi connectivity index (χ1) is 9.60. The average Bonchev–Trinajstić information content (AvgIpc) is 2.76. The molecule has 0 spiro atoms. The average molecular weight is 424 g/mol. The molecule has 0 aromatic carbocycles. The number of rotatable bonds is 7. The van der Waals surface area contributed by atoms with E-state index in [1.807, 2.05) is 7.05 Å². The minimum atomic E-state index is 0. The second kappa shape index (κ2) is 11.2. The van der Waals surface area contributed by atoms with Crippen LogP contribution in [0.25, 0.3) is 0 Å². The van der Waals surface area contributed by atoms with Crippen LogP contribution in [0.5, 0.6) is 0 Å². The number of hydrogen-bond donors (Lipinski definition) is 2. The maximum absolute atomic E-state index is 4.55. The summed E-state index contributed by atoms with van der Waals surface area (Å²) < 4.78 is 0.